The molecule has 0 aliphatic heterocycles. The molecule has 4 unspecified atom stereocenters. The first-order chi connectivity index (χ1) is 15.3. The Morgan fingerprint density at radius 2 is 1.58 bits per heavy atom. The minimum Gasteiger partial charge on any atom is -0.481 e. The number of carboxylic acids is 1. The van der Waals surface area contributed by atoms with Crippen molar-refractivity contribution in [1.82, 2.24) is 0 Å². The minimum absolute atomic E-state index is 0.0227. The van der Waals surface area contributed by atoms with Crippen LogP contribution in [0, 0.1) is 51.2 Å². The van der Waals surface area contributed by atoms with E-state index in [1.165, 1.54) is 44.9 Å². The van der Waals surface area contributed by atoms with Crippen molar-refractivity contribution >= 4 is 11.9 Å². The molecular formula is C29H48O4. The second-order valence-electron chi connectivity index (χ2n) is 13.7. The standard InChI is InChI=1S/C29H48O4/c1-18(8-11-25(31)32)20-12-16-29(7)22-9-10-23-26(3,4)24(33-19(2)30)14-15-27(23,5)21(22)13-17-28(20,29)6/h18,20-24H,8-17H2,1-7H3,(H,31,32)/t18-,20?,21?,22?,23?,24+,27-,28-,29+/m1/s1. The summed E-state index contributed by atoms with van der Waals surface area (Å²) in [6, 6.07) is 0. The van der Waals surface area contributed by atoms with Gasteiger partial charge in [0.25, 0.3) is 0 Å². The average Bonchev–Trinajstić information content (AvgIpc) is 3.00. The summed E-state index contributed by atoms with van der Waals surface area (Å²) in [4.78, 5) is 23.0. The van der Waals surface area contributed by atoms with Crippen molar-refractivity contribution in [2.75, 3.05) is 0 Å². The number of rotatable bonds is 5. The summed E-state index contributed by atoms with van der Waals surface area (Å²) in [6.07, 6.45) is 11.0. The maximum absolute atomic E-state index is 11.8. The molecule has 4 aliphatic rings. The van der Waals surface area contributed by atoms with Gasteiger partial charge in [-0.25, -0.2) is 0 Å². The Kier molecular flexibility index (Phi) is 6.27. The van der Waals surface area contributed by atoms with Crippen LogP contribution in [0.15, 0.2) is 0 Å². The molecular weight excluding hydrogens is 412 g/mol. The number of ether oxygens (including phenoxy) is 1. The summed E-state index contributed by atoms with van der Waals surface area (Å²) in [7, 11) is 0. The fourth-order valence-electron chi connectivity index (χ4n) is 10.4. The lowest BCUT2D eigenvalue weighted by atomic mass is 9.38. The van der Waals surface area contributed by atoms with E-state index in [4.69, 9.17) is 4.74 Å². The zero-order chi connectivity index (χ0) is 24.4. The van der Waals surface area contributed by atoms with Crippen LogP contribution in [0.25, 0.3) is 0 Å². The molecule has 0 aromatic heterocycles. The predicted molar refractivity (Wildman–Crippen MR) is 131 cm³/mol. The van der Waals surface area contributed by atoms with E-state index in [9.17, 15) is 14.7 Å². The molecule has 4 saturated carbocycles. The van der Waals surface area contributed by atoms with Gasteiger partial charge in [0.1, 0.15) is 6.10 Å². The van der Waals surface area contributed by atoms with Crippen LogP contribution in [0.5, 0.6) is 0 Å². The molecule has 0 aromatic carbocycles. The SMILES string of the molecule is CC(=O)O[C@H]1CC[C@]2(C)C3CC[C@]4(C)C([C@H](C)CCC(=O)O)CC[C@@]4(C)C3CCC2C1(C)C. The molecule has 4 fully saturated rings. The molecule has 1 N–H and O–H groups in total. The van der Waals surface area contributed by atoms with Crippen LogP contribution in [-0.2, 0) is 14.3 Å². The van der Waals surface area contributed by atoms with Crippen molar-refractivity contribution < 1.29 is 19.4 Å². The number of aliphatic carboxylic acids is 1. The number of carboxylic acid groups (broad SMARTS) is 1. The first-order valence-corrected chi connectivity index (χ1v) is 13.7. The van der Waals surface area contributed by atoms with E-state index in [0.717, 1.165) is 24.7 Å². The van der Waals surface area contributed by atoms with Crippen LogP contribution >= 0.6 is 0 Å². The average molecular weight is 461 g/mol. The van der Waals surface area contributed by atoms with Crippen molar-refractivity contribution in [2.24, 2.45) is 51.2 Å². The van der Waals surface area contributed by atoms with E-state index in [2.05, 4.69) is 41.5 Å². The zero-order valence-corrected chi connectivity index (χ0v) is 22.2. The highest BCUT2D eigenvalue weighted by atomic mass is 16.5. The quantitative estimate of drug-likeness (QED) is 0.444. The van der Waals surface area contributed by atoms with Crippen LogP contribution < -0.4 is 0 Å². The molecule has 0 bridgehead atoms. The van der Waals surface area contributed by atoms with E-state index in [-0.39, 0.29) is 17.5 Å². The normalized spacial score (nSPS) is 47.1. The second-order valence-corrected chi connectivity index (χ2v) is 13.7. The Morgan fingerprint density at radius 1 is 0.909 bits per heavy atom. The maximum Gasteiger partial charge on any atom is 0.303 e. The van der Waals surface area contributed by atoms with Crippen LogP contribution in [0.2, 0.25) is 0 Å². The third-order valence-electron chi connectivity index (χ3n) is 12.3. The van der Waals surface area contributed by atoms with E-state index >= 15 is 0 Å². The number of fused-ring (bicyclic) bond motifs is 5. The third-order valence-corrected chi connectivity index (χ3v) is 12.3. The van der Waals surface area contributed by atoms with Gasteiger partial charge >= 0.3 is 11.9 Å². The molecule has 188 valence electrons. The molecule has 9 atom stereocenters. The highest BCUT2D eigenvalue weighted by Crippen LogP contribution is 2.74. The number of hydrogen-bond acceptors (Lipinski definition) is 3. The second kappa shape index (κ2) is 8.26. The molecule has 4 nitrogen and oxygen atoms in total. The highest BCUT2D eigenvalue weighted by molar-refractivity contribution is 5.66. The van der Waals surface area contributed by atoms with Gasteiger partial charge in [-0.1, -0.05) is 41.5 Å². The summed E-state index contributed by atoms with van der Waals surface area (Å²) >= 11 is 0. The Morgan fingerprint density at radius 3 is 2.21 bits per heavy atom. The molecule has 4 heteroatoms. The Labute approximate surface area is 201 Å². The lowest BCUT2D eigenvalue weighted by molar-refractivity contribution is -0.209. The number of hydrogen-bond donors (Lipinski definition) is 1. The Bertz CT molecular complexity index is 788. The van der Waals surface area contributed by atoms with E-state index in [1.54, 1.807) is 6.92 Å². The zero-order valence-electron chi connectivity index (χ0n) is 22.2. The molecule has 0 saturated heterocycles. The lowest BCUT2D eigenvalue weighted by Crippen LogP contribution is -2.62. The van der Waals surface area contributed by atoms with Crippen LogP contribution in [0.1, 0.15) is 113 Å². The van der Waals surface area contributed by atoms with Crippen LogP contribution in [0.4, 0.5) is 0 Å². The molecule has 4 aliphatic carbocycles. The third kappa shape index (κ3) is 3.68. The Hall–Kier alpha value is -1.06. The first-order valence-electron chi connectivity index (χ1n) is 13.7. The summed E-state index contributed by atoms with van der Waals surface area (Å²) in [5.41, 5.74) is 1.01. The number of carbonyl (C=O) groups excluding carboxylic acids is 1. The molecule has 0 aromatic rings. The van der Waals surface area contributed by atoms with Crippen molar-refractivity contribution in [3.63, 3.8) is 0 Å². The van der Waals surface area contributed by atoms with E-state index in [0.29, 0.717) is 40.4 Å². The summed E-state index contributed by atoms with van der Waals surface area (Å²) in [5, 5.41) is 9.23. The van der Waals surface area contributed by atoms with Gasteiger partial charge in [-0.15, -0.1) is 0 Å². The maximum atomic E-state index is 11.8. The molecule has 0 amide bonds. The van der Waals surface area contributed by atoms with Gasteiger partial charge in [-0.05, 0) is 104 Å². The number of esters is 1. The van der Waals surface area contributed by atoms with Crippen LogP contribution in [-0.4, -0.2) is 23.1 Å². The predicted octanol–water partition coefficient (Wildman–Crippen LogP) is 7.10. The smallest absolute Gasteiger partial charge is 0.303 e. The van der Waals surface area contributed by atoms with Gasteiger partial charge in [0.15, 0.2) is 0 Å². The number of carbonyl (C=O) groups is 2. The molecule has 33 heavy (non-hydrogen) atoms. The van der Waals surface area contributed by atoms with Crippen molar-refractivity contribution in [3.05, 3.63) is 0 Å². The van der Waals surface area contributed by atoms with Crippen molar-refractivity contribution in [1.29, 1.82) is 0 Å². The van der Waals surface area contributed by atoms with Gasteiger partial charge in [0.05, 0.1) is 0 Å². The summed E-state index contributed by atoms with van der Waals surface area (Å²) in [5.74, 6) is 2.44. The Balaban J connectivity index is 1.58. The van der Waals surface area contributed by atoms with Crippen LogP contribution in [0.3, 0.4) is 0 Å². The largest absolute Gasteiger partial charge is 0.481 e. The molecule has 0 spiro atoms. The summed E-state index contributed by atoms with van der Waals surface area (Å²) in [6.45, 7) is 16.3. The van der Waals surface area contributed by atoms with Gasteiger partial charge < -0.3 is 9.84 Å². The molecule has 4 rings (SSSR count). The minimum atomic E-state index is -0.658. The fourth-order valence-corrected chi connectivity index (χ4v) is 10.4. The van der Waals surface area contributed by atoms with Gasteiger partial charge in [0, 0.05) is 18.8 Å². The fraction of sp³-hybridized carbons (Fsp3) is 0.931. The monoisotopic (exact) mass is 460 g/mol. The topological polar surface area (TPSA) is 63.6 Å². The van der Waals surface area contributed by atoms with Gasteiger partial charge in [-0.3, -0.25) is 9.59 Å². The van der Waals surface area contributed by atoms with E-state index in [1.807, 2.05) is 0 Å². The summed E-state index contributed by atoms with van der Waals surface area (Å²) < 4.78 is 5.84. The lowest BCUT2D eigenvalue weighted by Gasteiger charge is -2.67. The van der Waals surface area contributed by atoms with Crippen molar-refractivity contribution in [3.8, 4) is 0 Å². The van der Waals surface area contributed by atoms with E-state index < -0.39 is 5.97 Å². The first kappa shape index (κ1) is 25.0. The molecule has 0 radical (unpaired) electrons. The van der Waals surface area contributed by atoms with Gasteiger partial charge in [-0.2, -0.15) is 0 Å². The highest BCUT2D eigenvalue weighted by Gasteiger charge is 2.67. The van der Waals surface area contributed by atoms with Gasteiger partial charge in [0.2, 0.25) is 0 Å². The molecule has 0 heterocycles. The van der Waals surface area contributed by atoms with Crippen molar-refractivity contribution in [2.45, 2.75) is 119 Å².